The SMILES string of the molecule is CCCCCCCCCCn1cc(C(=O)NN)cn1. The van der Waals surface area contributed by atoms with Crippen LogP contribution in [0.1, 0.15) is 68.6 Å². The quantitative estimate of drug-likeness (QED) is 0.296. The number of aryl methyl sites for hydroxylation is 1. The number of nitrogens with zero attached hydrogens (tertiary/aromatic N) is 2. The van der Waals surface area contributed by atoms with Gasteiger partial charge in [0, 0.05) is 12.7 Å². The van der Waals surface area contributed by atoms with Gasteiger partial charge in [0.2, 0.25) is 0 Å². The molecule has 0 atom stereocenters. The number of nitrogens with one attached hydrogen (secondary N) is 1. The Bertz CT molecular complexity index is 362. The van der Waals surface area contributed by atoms with Gasteiger partial charge in [-0.25, -0.2) is 5.84 Å². The number of aromatic nitrogens is 2. The second kappa shape index (κ2) is 9.55. The first-order chi connectivity index (χ1) is 9.27. The van der Waals surface area contributed by atoms with Gasteiger partial charge in [-0.15, -0.1) is 0 Å². The van der Waals surface area contributed by atoms with Crippen LogP contribution >= 0.6 is 0 Å². The highest BCUT2D eigenvalue weighted by Gasteiger charge is 2.05. The summed E-state index contributed by atoms with van der Waals surface area (Å²) >= 11 is 0. The number of carbonyl (C=O) groups excluding carboxylic acids is 1. The molecule has 1 aromatic rings. The lowest BCUT2D eigenvalue weighted by Gasteiger charge is -2.02. The monoisotopic (exact) mass is 266 g/mol. The first-order valence-electron chi connectivity index (χ1n) is 7.31. The van der Waals surface area contributed by atoms with Gasteiger partial charge in [-0.05, 0) is 6.42 Å². The molecule has 0 saturated carbocycles. The highest BCUT2D eigenvalue weighted by Crippen LogP contribution is 2.09. The molecule has 108 valence electrons. The number of nitrogen functional groups attached to an aromatic ring is 1. The maximum atomic E-state index is 11.2. The molecule has 1 aromatic heterocycles. The van der Waals surface area contributed by atoms with Crippen LogP contribution in [0.3, 0.4) is 0 Å². The molecule has 0 aliphatic rings. The summed E-state index contributed by atoms with van der Waals surface area (Å²) in [5, 5.41) is 4.14. The van der Waals surface area contributed by atoms with Gasteiger partial charge in [0.1, 0.15) is 0 Å². The molecule has 3 N–H and O–H groups in total. The third kappa shape index (κ3) is 6.38. The van der Waals surface area contributed by atoms with Crippen LogP contribution in [0.5, 0.6) is 0 Å². The van der Waals surface area contributed by atoms with Gasteiger partial charge in [-0.2, -0.15) is 5.10 Å². The van der Waals surface area contributed by atoms with E-state index in [0.29, 0.717) is 5.56 Å². The number of carbonyl (C=O) groups is 1. The summed E-state index contributed by atoms with van der Waals surface area (Å²) in [5.41, 5.74) is 2.62. The highest BCUT2D eigenvalue weighted by molar-refractivity contribution is 5.93. The van der Waals surface area contributed by atoms with Crippen LogP contribution in [0.2, 0.25) is 0 Å². The lowest BCUT2D eigenvalue weighted by atomic mass is 10.1. The van der Waals surface area contributed by atoms with Crippen LogP contribution in [0.25, 0.3) is 0 Å². The zero-order valence-corrected chi connectivity index (χ0v) is 11.9. The van der Waals surface area contributed by atoms with E-state index in [4.69, 9.17) is 5.84 Å². The van der Waals surface area contributed by atoms with E-state index >= 15 is 0 Å². The lowest BCUT2D eigenvalue weighted by Crippen LogP contribution is -2.29. The fraction of sp³-hybridized carbons (Fsp3) is 0.714. The van der Waals surface area contributed by atoms with Gasteiger partial charge >= 0.3 is 0 Å². The van der Waals surface area contributed by atoms with E-state index in [1.807, 2.05) is 4.68 Å². The number of amides is 1. The Morgan fingerprint density at radius 3 is 2.47 bits per heavy atom. The van der Waals surface area contributed by atoms with Crippen molar-refractivity contribution in [1.82, 2.24) is 15.2 Å². The molecule has 5 nitrogen and oxygen atoms in total. The first kappa shape index (κ1) is 15.7. The van der Waals surface area contributed by atoms with Crippen LogP contribution in [0.4, 0.5) is 0 Å². The Kier molecular flexibility index (Phi) is 7.89. The van der Waals surface area contributed by atoms with E-state index < -0.39 is 0 Å². The van der Waals surface area contributed by atoms with Crippen molar-refractivity contribution in [3.63, 3.8) is 0 Å². The number of hydrazine groups is 1. The maximum absolute atomic E-state index is 11.2. The Hall–Kier alpha value is -1.36. The molecule has 1 amide bonds. The maximum Gasteiger partial charge on any atom is 0.268 e. The summed E-state index contributed by atoms with van der Waals surface area (Å²) < 4.78 is 1.81. The van der Waals surface area contributed by atoms with Crippen molar-refractivity contribution in [2.75, 3.05) is 0 Å². The zero-order valence-electron chi connectivity index (χ0n) is 11.9. The van der Waals surface area contributed by atoms with Gasteiger partial charge in [0.15, 0.2) is 0 Å². The molecule has 0 radical (unpaired) electrons. The fourth-order valence-electron chi connectivity index (χ4n) is 2.09. The molecule has 0 spiro atoms. The van der Waals surface area contributed by atoms with Crippen molar-refractivity contribution < 1.29 is 4.79 Å². The highest BCUT2D eigenvalue weighted by atomic mass is 16.2. The number of unbranched alkanes of at least 4 members (excludes halogenated alkanes) is 7. The largest absolute Gasteiger partial charge is 0.290 e. The summed E-state index contributed by atoms with van der Waals surface area (Å²) in [4.78, 5) is 11.2. The molecule has 0 saturated heterocycles. The van der Waals surface area contributed by atoms with E-state index in [2.05, 4.69) is 17.4 Å². The van der Waals surface area contributed by atoms with Crippen molar-refractivity contribution in [2.45, 2.75) is 64.8 Å². The molecular weight excluding hydrogens is 240 g/mol. The number of nitrogens with two attached hydrogens (primary N) is 1. The summed E-state index contributed by atoms with van der Waals surface area (Å²) in [7, 11) is 0. The Labute approximate surface area is 115 Å². The molecule has 0 fully saturated rings. The summed E-state index contributed by atoms with van der Waals surface area (Å²) in [5.74, 6) is 4.78. The molecule has 19 heavy (non-hydrogen) atoms. The van der Waals surface area contributed by atoms with Crippen LogP contribution in [-0.4, -0.2) is 15.7 Å². The minimum atomic E-state index is -0.290. The van der Waals surface area contributed by atoms with E-state index in [9.17, 15) is 4.79 Å². The number of hydrogen-bond acceptors (Lipinski definition) is 3. The van der Waals surface area contributed by atoms with E-state index in [1.54, 1.807) is 12.4 Å². The topological polar surface area (TPSA) is 72.9 Å². The average Bonchev–Trinajstić information content (AvgIpc) is 2.89. The molecule has 0 unspecified atom stereocenters. The normalized spacial score (nSPS) is 10.6. The van der Waals surface area contributed by atoms with Gasteiger partial charge in [-0.3, -0.25) is 14.9 Å². The second-order valence-electron chi connectivity index (χ2n) is 4.94. The molecule has 0 aliphatic carbocycles. The molecule has 5 heteroatoms. The van der Waals surface area contributed by atoms with E-state index in [0.717, 1.165) is 13.0 Å². The minimum absolute atomic E-state index is 0.290. The third-order valence-electron chi connectivity index (χ3n) is 3.27. The van der Waals surface area contributed by atoms with Crippen molar-refractivity contribution in [3.8, 4) is 0 Å². The van der Waals surface area contributed by atoms with Crippen molar-refractivity contribution in [3.05, 3.63) is 18.0 Å². The Morgan fingerprint density at radius 2 is 1.84 bits per heavy atom. The average molecular weight is 266 g/mol. The fourth-order valence-corrected chi connectivity index (χ4v) is 2.09. The Morgan fingerprint density at radius 1 is 1.21 bits per heavy atom. The lowest BCUT2D eigenvalue weighted by molar-refractivity contribution is 0.0953. The molecule has 0 aromatic carbocycles. The van der Waals surface area contributed by atoms with Crippen molar-refractivity contribution in [2.24, 2.45) is 5.84 Å². The molecular formula is C14H26N4O. The van der Waals surface area contributed by atoms with Crippen LogP contribution in [0, 0.1) is 0 Å². The van der Waals surface area contributed by atoms with Crippen LogP contribution < -0.4 is 11.3 Å². The van der Waals surface area contributed by atoms with Crippen molar-refractivity contribution >= 4 is 5.91 Å². The van der Waals surface area contributed by atoms with E-state index in [-0.39, 0.29) is 5.91 Å². The summed E-state index contributed by atoms with van der Waals surface area (Å²) in [6.07, 6.45) is 13.6. The molecule has 0 aliphatic heterocycles. The van der Waals surface area contributed by atoms with Gasteiger partial charge < -0.3 is 0 Å². The summed E-state index contributed by atoms with van der Waals surface area (Å²) in [6, 6.07) is 0. The number of hydrogen-bond donors (Lipinski definition) is 2. The standard InChI is InChI=1S/C14H26N4O/c1-2-3-4-5-6-7-8-9-10-18-12-13(11-16-18)14(19)17-15/h11-12H,2-10,15H2,1H3,(H,17,19). The van der Waals surface area contributed by atoms with Crippen molar-refractivity contribution in [1.29, 1.82) is 0 Å². The predicted molar refractivity (Wildman–Crippen MR) is 76.5 cm³/mol. The first-order valence-corrected chi connectivity index (χ1v) is 7.31. The smallest absolute Gasteiger partial charge is 0.268 e. The Balaban J connectivity index is 2.06. The van der Waals surface area contributed by atoms with Crippen LogP contribution in [0.15, 0.2) is 12.4 Å². The van der Waals surface area contributed by atoms with E-state index in [1.165, 1.54) is 44.9 Å². The second-order valence-corrected chi connectivity index (χ2v) is 4.94. The molecule has 0 bridgehead atoms. The van der Waals surface area contributed by atoms with Gasteiger partial charge in [0.05, 0.1) is 11.8 Å². The van der Waals surface area contributed by atoms with Crippen LogP contribution in [-0.2, 0) is 6.54 Å². The number of rotatable bonds is 10. The molecule has 1 rings (SSSR count). The minimum Gasteiger partial charge on any atom is -0.290 e. The van der Waals surface area contributed by atoms with Gasteiger partial charge in [-0.1, -0.05) is 51.9 Å². The van der Waals surface area contributed by atoms with Gasteiger partial charge in [0.25, 0.3) is 5.91 Å². The summed E-state index contributed by atoms with van der Waals surface area (Å²) in [6.45, 7) is 3.11. The zero-order chi connectivity index (χ0) is 13.9. The third-order valence-corrected chi connectivity index (χ3v) is 3.27. The predicted octanol–water partition coefficient (Wildman–Crippen LogP) is 2.63. The molecule has 1 heterocycles.